The maximum absolute atomic E-state index is 4.85. The molecule has 0 aliphatic carbocycles. The first-order valence-electron chi connectivity index (χ1n) is 6.32. The second kappa shape index (κ2) is 3.35. The average Bonchev–Trinajstić information content (AvgIpc) is 2.53. The van der Waals surface area contributed by atoms with Crippen molar-refractivity contribution in [3.8, 4) is 0 Å². The molecule has 2 heterocycles. The van der Waals surface area contributed by atoms with Crippen LogP contribution in [0.1, 0.15) is 64.9 Å². The quantitative estimate of drug-likeness (QED) is 0.655. The minimum absolute atomic E-state index is 0.153. The fourth-order valence-corrected chi connectivity index (χ4v) is 2.65. The van der Waals surface area contributed by atoms with Gasteiger partial charge in [0, 0.05) is 23.2 Å². The van der Waals surface area contributed by atoms with Crippen LogP contribution in [-0.2, 0) is 23.8 Å². The number of nitrogens with zero attached hydrogens (tertiary/aromatic N) is 2. The molecule has 0 N–H and O–H groups in total. The standard InChI is InChI=1S/C14H24N2/c1-13(2,3)11-10-8-7-9-16(10)15-12(11)14(4,5)6/h7-9H2,1-6H3. The zero-order valence-corrected chi connectivity index (χ0v) is 11.5. The summed E-state index contributed by atoms with van der Waals surface area (Å²) in [7, 11) is 0. The van der Waals surface area contributed by atoms with E-state index >= 15 is 0 Å². The Labute approximate surface area is 99.0 Å². The van der Waals surface area contributed by atoms with Gasteiger partial charge in [0.25, 0.3) is 0 Å². The largest absolute Gasteiger partial charge is 0.269 e. The van der Waals surface area contributed by atoms with E-state index in [1.807, 2.05) is 0 Å². The molecule has 1 aromatic rings. The van der Waals surface area contributed by atoms with Crippen LogP contribution in [0.3, 0.4) is 0 Å². The highest BCUT2D eigenvalue weighted by atomic mass is 15.3. The summed E-state index contributed by atoms with van der Waals surface area (Å²) in [4.78, 5) is 0. The Hall–Kier alpha value is -0.790. The molecule has 0 radical (unpaired) electrons. The first-order chi connectivity index (χ1) is 7.21. The van der Waals surface area contributed by atoms with Crippen molar-refractivity contribution >= 4 is 0 Å². The molecule has 16 heavy (non-hydrogen) atoms. The van der Waals surface area contributed by atoms with Crippen LogP contribution in [0, 0.1) is 0 Å². The number of fused-ring (bicyclic) bond motifs is 1. The fourth-order valence-electron chi connectivity index (χ4n) is 2.65. The monoisotopic (exact) mass is 220 g/mol. The molecule has 1 aromatic heterocycles. The minimum atomic E-state index is 0.153. The third-order valence-corrected chi connectivity index (χ3v) is 3.30. The number of aryl methyl sites for hydroxylation is 1. The van der Waals surface area contributed by atoms with Crippen molar-refractivity contribution in [1.82, 2.24) is 9.78 Å². The van der Waals surface area contributed by atoms with Gasteiger partial charge in [-0.05, 0) is 18.3 Å². The van der Waals surface area contributed by atoms with Gasteiger partial charge in [-0.1, -0.05) is 41.5 Å². The van der Waals surface area contributed by atoms with Crippen molar-refractivity contribution in [3.05, 3.63) is 17.0 Å². The van der Waals surface area contributed by atoms with E-state index in [-0.39, 0.29) is 10.8 Å². The summed E-state index contributed by atoms with van der Waals surface area (Å²) < 4.78 is 2.24. The molecule has 0 spiro atoms. The van der Waals surface area contributed by atoms with Gasteiger partial charge in [0.15, 0.2) is 0 Å². The van der Waals surface area contributed by atoms with E-state index in [2.05, 4.69) is 46.2 Å². The summed E-state index contributed by atoms with van der Waals surface area (Å²) >= 11 is 0. The smallest absolute Gasteiger partial charge is 0.0718 e. The normalized spacial score (nSPS) is 16.6. The lowest BCUT2D eigenvalue weighted by Gasteiger charge is -2.26. The molecule has 90 valence electrons. The van der Waals surface area contributed by atoms with Crippen LogP contribution in [0.5, 0.6) is 0 Å². The molecule has 0 saturated carbocycles. The van der Waals surface area contributed by atoms with Gasteiger partial charge < -0.3 is 0 Å². The lowest BCUT2D eigenvalue weighted by molar-refractivity contribution is 0.508. The highest BCUT2D eigenvalue weighted by molar-refractivity contribution is 5.38. The second-order valence-electron chi connectivity index (χ2n) is 7.00. The van der Waals surface area contributed by atoms with E-state index in [0.29, 0.717) is 0 Å². The molecule has 0 atom stereocenters. The SMILES string of the molecule is CC(C)(C)c1nn2c(c1C(C)(C)C)CCC2. The van der Waals surface area contributed by atoms with E-state index < -0.39 is 0 Å². The second-order valence-corrected chi connectivity index (χ2v) is 7.00. The fraction of sp³-hybridized carbons (Fsp3) is 0.786. The Balaban J connectivity index is 2.63. The van der Waals surface area contributed by atoms with Crippen molar-refractivity contribution in [2.24, 2.45) is 0 Å². The Bertz CT molecular complexity index is 400. The van der Waals surface area contributed by atoms with Crippen molar-refractivity contribution < 1.29 is 0 Å². The van der Waals surface area contributed by atoms with Crippen LogP contribution in [0.15, 0.2) is 0 Å². The molecule has 0 amide bonds. The summed E-state index contributed by atoms with van der Waals surface area (Å²) in [6.07, 6.45) is 2.46. The third kappa shape index (κ3) is 1.79. The maximum Gasteiger partial charge on any atom is 0.0718 e. The van der Waals surface area contributed by atoms with Crippen LogP contribution >= 0.6 is 0 Å². The van der Waals surface area contributed by atoms with E-state index in [4.69, 9.17) is 5.10 Å². The third-order valence-electron chi connectivity index (χ3n) is 3.30. The molecule has 2 nitrogen and oxygen atoms in total. The first-order valence-corrected chi connectivity index (χ1v) is 6.32. The molecular weight excluding hydrogens is 196 g/mol. The van der Waals surface area contributed by atoms with Gasteiger partial charge in [-0.15, -0.1) is 0 Å². The molecular formula is C14H24N2. The summed E-state index contributed by atoms with van der Waals surface area (Å²) in [5.74, 6) is 0. The van der Waals surface area contributed by atoms with E-state index in [1.54, 1.807) is 0 Å². The minimum Gasteiger partial charge on any atom is -0.269 e. The topological polar surface area (TPSA) is 17.8 Å². The van der Waals surface area contributed by atoms with E-state index in [0.717, 1.165) is 6.54 Å². The molecule has 0 saturated heterocycles. The molecule has 0 fully saturated rings. The van der Waals surface area contributed by atoms with Crippen molar-refractivity contribution in [1.29, 1.82) is 0 Å². The molecule has 1 aliphatic rings. The summed E-state index contributed by atoms with van der Waals surface area (Å²) in [6.45, 7) is 14.8. The van der Waals surface area contributed by atoms with Crippen LogP contribution < -0.4 is 0 Å². The van der Waals surface area contributed by atoms with Crippen LogP contribution in [0.4, 0.5) is 0 Å². The number of aromatic nitrogens is 2. The van der Waals surface area contributed by atoms with Gasteiger partial charge >= 0.3 is 0 Å². The predicted octanol–water partition coefficient (Wildman–Crippen LogP) is 3.42. The van der Waals surface area contributed by atoms with E-state index in [1.165, 1.54) is 29.8 Å². The van der Waals surface area contributed by atoms with Gasteiger partial charge in [-0.3, -0.25) is 4.68 Å². The highest BCUT2D eigenvalue weighted by Gasteiger charge is 2.33. The first kappa shape index (κ1) is 11.7. The van der Waals surface area contributed by atoms with Crippen LogP contribution in [-0.4, -0.2) is 9.78 Å². The average molecular weight is 220 g/mol. The Morgan fingerprint density at radius 3 is 2.12 bits per heavy atom. The van der Waals surface area contributed by atoms with Crippen molar-refractivity contribution in [3.63, 3.8) is 0 Å². The molecule has 2 rings (SSSR count). The Morgan fingerprint density at radius 1 is 1.00 bits per heavy atom. The zero-order chi connectivity index (χ0) is 12.1. The summed E-state index contributed by atoms with van der Waals surface area (Å²) in [6, 6.07) is 0. The number of hydrogen-bond donors (Lipinski definition) is 0. The molecule has 1 aliphatic heterocycles. The Kier molecular flexibility index (Phi) is 2.45. The van der Waals surface area contributed by atoms with Crippen molar-refractivity contribution in [2.45, 2.75) is 71.8 Å². The van der Waals surface area contributed by atoms with Gasteiger partial charge in [0.05, 0.1) is 5.69 Å². The summed E-state index contributed by atoms with van der Waals surface area (Å²) in [5, 5.41) is 4.85. The summed E-state index contributed by atoms with van der Waals surface area (Å²) in [5.41, 5.74) is 4.64. The Morgan fingerprint density at radius 2 is 1.62 bits per heavy atom. The maximum atomic E-state index is 4.85. The lowest BCUT2D eigenvalue weighted by Crippen LogP contribution is -2.22. The van der Waals surface area contributed by atoms with Crippen molar-refractivity contribution in [2.75, 3.05) is 0 Å². The van der Waals surface area contributed by atoms with E-state index in [9.17, 15) is 0 Å². The van der Waals surface area contributed by atoms with Gasteiger partial charge in [-0.2, -0.15) is 5.10 Å². The number of rotatable bonds is 0. The molecule has 0 unspecified atom stereocenters. The highest BCUT2D eigenvalue weighted by Crippen LogP contribution is 2.37. The zero-order valence-electron chi connectivity index (χ0n) is 11.5. The van der Waals surface area contributed by atoms with Crippen LogP contribution in [0.25, 0.3) is 0 Å². The van der Waals surface area contributed by atoms with Crippen LogP contribution in [0.2, 0.25) is 0 Å². The number of hydrogen-bond acceptors (Lipinski definition) is 1. The van der Waals surface area contributed by atoms with Gasteiger partial charge in [0.2, 0.25) is 0 Å². The van der Waals surface area contributed by atoms with Gasteiger partial charge in [-0.25, -0.2) is 0 Å². The van der Waals surface area contributed by atoms with Gasteiger partial charge in [0.1, 0.15) is 0 Å². The molecule has 2 heteroatoms. The molecule has 0 bridgehead atoms. The predicted molar refractivity (Wildman–Crippen MR) is 67.9 cm³/mol. The molecule has 0 aromatic carbocycles. The lowest BCUT2D eigenvalue weighted by atomic mass is 9.78.